The highest BCUT2D eigenvalue weighted by atomic mass is 32.2. The molecule has 154 valence electrons. The lowest BCUT2D eigenvalue weighted by Gasteiger charge is -2.08. The van der Waals surface area contributed by atoms with Crippen molar-refractivity contribution in [2.24, 2.45) is 0 Å². The van der Waals surface area contributed by atoms with E-state index >= 15 is 0 Å². The summed E-state index contributed by atoms with van der Waals surface area (Å²) in [6, 6.07) is 8.04. The monoisotopic (exact) mass is 441 g/mol. The number of ether oxygens (including phenoxy) is 1. The molecule has 1 aromatic carbocycles. The summed E-state index contributed by atoms with van der Waals surface area (Å²) in [6.45, 7) is 4.54. The maximum absolute atomic E-state index is 13.4. The van der Waals surface area contributed by atoms with Gasteiger partial charge in [-0.3, -0.25) is 4.79 Å². The number of thiophene rings is 1. The summed E-state index contributed by atoms with van der Waals surface area (Å²) in [7, 11) is 0. The molecular weight excluding hydrogens is 421 g/mol. The third-order valence-corrected chi connectivity index (χ3v) is 6.58. The number of nitrogens with zero attached hydrogens (tertiary/aromatic N) is 2. The molecule has 0 saturated heterocycles. The largest absolute Gasteiger partial charge is 0.488 e. The lowest BCUT2D eigenvalue weighted by atomic mass is 10.0. The summed E-state index contributed by atoms with van der Waals surface area (Å²) in [5, 5.41) is 1.79. The van der Waals surface area contributed by atoms with E-state index in [1.807, 2.05) is 13.8 Å². The molecule has 0 amide bonds. The number of hydrogen-bond acceptors (Lipinski definition) is 6. The molecular formula is C22H20FN3O2S2. The van der Waals surface area contributed by atoms with Crippen molar-refractivity contribution < 1.29 is 9.13 Å². The third kappa shape index (κ3) is 4.24. The predicted molar refractivity (Wildman–Crippen MR) is 120 cm³/mol. The Morgan fingerprint density at radius 1 is 1.23 bits per heavy atom. The number of nitrogens with one attached hydrogen (secondary N) is 1. The zero-order chi connectivity index (χ0) is 21.1. The number of fused-ring (bicyclic) bond motifs is 1. The summed E-state index contributed by atoms with van der Waals surface area (Å²) in [5.41, 5.74) is 2.61. The van der Waals surface area contributed by atoms with Crippen LogP contribution in [0.2, 0.25) is 0 Å². The van der Waals surface area contributed by atoms with Gasteiger partial charge < -0.3 is 9.72 Å². The fourth-order valence-electron chi connectivity index (χ4n) is 3.15. The molecule has 4 aromatic rings. The van der Waals surface area contributed by atoms with Crippen molar-refractivity contribution in [3.05, 3.63) is 69.5 Å². The Hall–Kier alpha value is -2.71. The van der Waals surface area contributed by atoms with E-state index in [9.17, 15) is 9.18 Å². The van der Waals surface area contributed by atoms with Gasteiger partial charge >= 0.3 is 0 Å². The number of pyridine rings is 1. The van der Waals surface area contributed by atoms with Crippen LogP contribution in [-0.2, 0) is 5.75 Å². The fourth-order valence-corrected chi connectivity index (χ4v) is 5.15. The van der Waals surface area contributed by atoms with E-state index < -0.39 is 0 Å². The molecule has 0 saturated carbocycles. The number of rotatable bonds is 7. The first-order chi connectivity index (χ1) is 14.6. The average molecular weight is 442 g/mol. The van der Waals surface area contributed by atoms with Crippen LogP contribution in [0.5, 0.6) is 5.75 Å². The Bertz CT molecular complexity index is 1240. The minimum Gasteiger partial charge on any atom is -0.488 e. The van der Waals surface area contributed by atoms with E-state index in [1.54, 1.807) is 42.1 Å². The molecule has 0 spiro atoms. The van der Waals surface area contributed by atoms with Gasteiger partial charge in [-0.15, -0.1) is 11.3 Å². The maximum atomic E-state index is 13.4. The van der Waals surface area contributed by atoms with Crippen LogP contribution in [0.4, 0.5) is 4.39 Å². The highest BCUT2D eigenvalue weighted by Crippen LogP contribution is 2.41. The molecule has 0 radical (unpaired) electrons. The Balaban J connectivity index is 1.64. The molecule has 3 aromatic heterocycles. The van der Waals surface area contributed by atoms with Crippen LogP contribution in [0.1, 0.15) is 23.9 Å². The fraction of sp³-hybridized carbons (Fsp3) is 0.227. The minimum absolute atomic E-state index is 0.135. The molecule has 1 N–H and O–H groups in total. The van der Waals surface area contributed by atoms with E-state index in [2.05, 4.69) is 15.0 Å². The zero-order valence-corrected chi connectivity index (χ0v) is 18.2. The van der Waals surface area contributed by atoms with Crippen molar-refractivity contribution in [2.45, 2.75) is 31.0 Å². The van der Waals surface area contributed by atoms with E-state index in [1.165, 1.54) is 23.9 Å². The minimum atomic E-state index is -0.267. The van der Waals surface area contributed by atoms with E-state index in [0.29, 0.717) is 18.1 Å². The van der Waals surface area contributed by atoms with Crippen LogP contribution in [0.25, 0.3) is 21.3 Å². The highest BCUT2D eigenvalue weighted by molar-refractivity contribution is 7.98. The van der Waals surface area contributed by atoms with Gasteiger partial charge in [0.25, 0.3) is 0 Å². The Kier molecular flexibility index (Phi) is 6.15. The number of aromatic nitrogens is 3. The number of thioether (sulfide) groups is 1. The van der Waals surface area contributed by atoms with Crippen LogP contribution in [-0.4, -0.2) is 21.6 Å². The summed E-state index contributed by atoms with van der Waals surface area (Å²) < 4.78 is 18.8. The molecule has 0 bridgehead atoms. The molecule has 0 atom stereocenters. The van der Waals surface area contributed by atoms with Gasteiger partial charge in [-0.05, 0) is 31.0 Å². The molecule has 3 heterocycles. The quantitative estimate of drug-likeness (QED) is 0.300. The molecule has 4 rings (SSSR count). The van der Waals surface area contributed by atoms with Gasteiger partial charge in [0.05, 0.1) is 12.0 Å². The van der Waals surface area contributed by atoms with E-state index in [-0.39, 0.29) is 11.2 Å². The number of aromatic amines is 1. The van der Waals surface area contributed by atoms with Crippen LogP contribution >= 0.6 is 23.1 Å². The lowest BCUT2D eigenvalue weighted by molar-refractivity contribution is 0.313. The van der Waals surface area contributed by atoms with Crippen molar-refractivity contribution >= 4 is 33.3 Å². The Morgan fingerprint density at radius 2 is 2.03 bits per heavy atom. The Morgan fingerprint density at radius 3 is 2.77 bits per heavy atom. The molecule has 0 aliphatic heterocycles. The van der Waals surface area contributed by atoms with Gasteiger partial charge in [-0.25, -0.2) is 14.4 Å². The highest BCUT2D eigenvalue weighted by Gasteiger charge is 2.17. The first-order valence-electron chi connectivity index (χ1n) is 9.54. The molecule has 5 nitrogen and oxygen atoms in total. The second-order valence-corrected chi connectivity index (χ2v) is 8.89. The average Bonchev–Trinajstić information content (AvgIpc) is 3.08. The van der Waals surface area contributed by atoms with Crippen LogP contribution in [0, 0.1) is 12.7 Å². The zero-order valence-electron chi connectivity index (χ0n) is 16.6. The topological polar surface area (TPSA) is 67.9 Å². The van der Waals surface area contributed by atoms with Crippen molar-refractivity contribution in [3.63, 3.8) is 0 Å². The number of halogens is 1. The number of aryl methyl sites for hydroxylation is 1. The second-order valence-electron chi connectivity index (χ2n) is 6.72. The molecule has 0 fully saturated rings. The number of hydrogen-bond donors (Lipinski definition) is 1. The predicted octanol–water partition coefficient (Wildman–Crippen LogP) is 5.58. The van der Waals surface area contributed by atoms with E-state index in [4.69, 9.17) is 4.74 Å². The molecule has 0 aliphatic carbocycles. The Labute approximate surface area is 181 Å². The molecule has 30 heavy (non-hydrogen) atoms. The van der Waals surface area contributed by atoms with E-state index in [0.717, 1.165) is 43.4 Å². The van der Waals surface area contributed by atoms with Gasteiger partial charge in [0.2, 0.25) is 5.43 Å². The number of H-pyrrole nitrogens is 1. The summed E-state index contributed by atoms with van der Waals surface area (Å²) in [4.78, 5) is 26.3. The summed E-state index contributed by atoms with van der Waals surface area (Å²) >= 11 is 3.12. The lowest BCUT2D eigenvalue weighted by Crippen LogP contribution is -2.09. The van der Waals surface area contributed by atoms with Crippen LogP contribution < -0.4 is 10.2 Å². The summed E-state index contributed by atoms with van der Waals surface area (Å²) in [6.07, 6.45) is 4.01. The SMILES string of the molecule is CCCOc1c[nH]c(CSc2ncnc3sc(C)c(-c4ccc(F)cc4)c23)cc1=O. The van der Waals surface area contributed by atoms with Gasteiger partial charge in [0.15, 0.2) is 5.75 Å². The standard InChI is InChI=1S/C22H20FN3O2S2/c1-3-8-28-18-10-24-16(9-17(18)27)11-29-21-20-19(14-4-6-15(23)7-5-14)13(2)30-22(20)26-12-25-21/h4-7,9-10,12H,3,8,11H2,1-2H3,(H,24,27). The van der Waals surface area contributed by atoms with Gasteiger partial charge in [-0.2, -0.15) is 0 Å². The molecule has 8 heteroatoms. The number of benzene rings is 1. The molecule has 0 aliphatic rings. The van der Waals surface area contributed by atoms with Crippen molar-refractivity contribution in [2.75, 3.05) is 6.61 Å². The maximum Gasteiger partial charge on any atom is 0.223 e. The van der Waals surface area contributed by atoms with Gasteiger partial charge in [0.1, 0.15) is 22.0 Å². The van der Waals surface area contributed by atoms with Crippen molar-refractivity contribution in [1.29, 1.82) is 0 Å². The van der Waals surface area contributed by atoms with Crippen molar-refractivity contribution in [1.82, 2.24) is 15.0 Å². The molecule has 0 unspecified atom stereocenters. The summed E-state index contributed by atoms with van der Waals surface area (Å²) in [5.74, 6) is 0.617. The van der Waals surface area contributed by atoms with Crippen LogP contribution in [0.3, 0.4) is 0 Å². The first-order valence-corrected chi connectivity index (χ1v) is 11.3. The third-order valence-electron chi connectivity index (χ3n) is 4.53. The van der Waals surface area contributed by atoms with Gasteiger partial charge in [-0.1, -0.05) is 30.8 Å². The smallest absolute Gasteiger partial charge is 0.223 e. The van der Waals surface area contributed by atoms with Gasteiger partial charge in [0, 0.05) is 34.2 Å². The normalized spacial score (nSPS) is 11.2. The van der Waals surface area contributed by atoms with Crippen molar-refractivity contribution in [3.8, 4) is 16.9 Å². The second kappa shape index (κ2) is 8.97. The first kappa shape index (κ1) is 20.6. The van der Waals surface area contributed by atoms with Crippen LogP contribution in [0.15, 0.2) is 52.7 Å².